The van der Waals surface area contributed by atoms with E-state index in [4.69, 9.17) is 16.8 Å². The van der Waals surface area contributed by atoms with E-state index in [2.05, 4.69) is 26.3 Å². The highest BCUT2D eigenvalue weighted by Gasteiger charge is 2.20. The van der Waals surface area contributed by atoms with Crippen LogP contribution < -0.4 is 10.8 Å². The molecule has 1 aromatic carbocycles. The average molecular weight is 388 g/mol. The van der Waals surface area contributed by atoms with Gasteiger partial charge in [0.25, 0.3) is 5.91 Å². The minimum Gasteiger partial charge on any atom is -0.365 e. The van der Waals surface area contributed by atoms with E-state index in [1.165, 1.54) is 17.6 Å². The SMILES string of the molecule is O=C(C=Cc1cnc(N[C@@H]2CCCN(Cc3ccccc3Cl)C2)cn1)NO. The third-order valence-electron chi connectivity index (χ3n) is 4.40. The summed E-state index contributed by atoms with van der Waals surface area (Å²) in [6, 6.07) is 8.23. The Balaban J connectivity index is 1.55. The standard InChI is InChI=1S/C19H22ClN5O2/c20-17-6-2-1-4-14(17)12-25-9-3-5-16(13-25)23-18-11-21-15(10-22-18)7-8-19(26)24-27/h1-2,4,6-8,10-11,16,27H,3,5,9,12-13H2,(H,22,23)(H,24,26)/t16-/m1/s1. The van der Waals surface area contributed by atoms with Crippen LogP contribution in [0.1, 0.15) is 24.1 Å². The Morgan fingerprint density at radius 1 is 1.33 bits per heavy atom. The minimum atomic E-state index is -0.611. The number of amides is 1. The Hall–Kier alpha value is -2.48. The molecule has 1 atom stereocenters. The van der Waals surface area contributed by atoms with Gasteiger partial charge in [0.2, 0.25) is 0 Å². The number of anilines is 1. The summed E-state index contributed by atoms with van der Waals surface area (Å²) in [5.74, 6) is 0.0863. The molecule has 1 amide bonds. The van der Waals surface area contributed by atoms with Gasteiger partial charge in [-0.25, -0.2) is 10.5 Å². The number of nitrogens with zero attached hydrogens (tertiary/aromatic N) is 3. The number of aromatic nitrogens is 2. The molecule has 2 heterocycles. The van der Waals surface area contributed by atoms with E-state index in [0.717, 1.165) is 43.1 Å². The average Bonchev–Trinajstić information content (AvgIpc) is 2.69. The molecule has 0 unspecified atom stereocenters. The second-order valence-electron chi connectivity index (χ2n) is 6.45. The van der Waals surface area contributed by atoms with Gasteiger partial charge in [0.1, 0.15) is 5.82 Å². The van der Waals surface area contributed by atoms with Crippen molar-refractivity contribution < 1.29 is 10.0 Å². The van der Waals surface area contributed by atoms with Gasteiger partial charge in [0.05, 0.1) is 18.1 Å². The number of carbonyl (C=O) groups excluding carboxylic acids is 1. The summed E-state index contributed by atoms with van der Waals surface area (Å²) in [5, 5.41) is 12.7. The van der Waals surface area contributed by atoms with Crippen LogP contribution in [0.3, 0.4) is 0 Å². The van der Waals surface area contributed by atoms with Crippen molar-refractivity contribution in [1.29, 1.82) is 0 Å². The van der Waals surface area contributed by atoms with Crippen molar-refractivity contribution in [3.8, 4) is 0 Å². The van der Waals surface area contributed by atoms with E-state index in [1.54, 1.807) is 12.4 Å². The molecule has 1 fully saturated rings. The molecule has 27 heavy (non-hydrogen) atoms. The van der Waals surface area contributed by atoms with Crippen LogP contribution in [0.5, 0.6) is 0 Å². The fourth-order valence-electron chi connectivity index (χ4n) is 3.09. The lowest BCUT2D eigenvalue weighted by atomic mass is 10.0. The predicted octanol–water partition coefficient (Wildman–Crippen LogP) is 2.73. The number of hydroxylamine groups is 1. The number of hydrogen-bond donors (Lipinski definition) is 3. The number of hydrogen-bond acceptors (Lipinski definition) is 6. The van der Waals surface area contributed by atoms with E-state index < -0.39 is 5.91 Å². The normalized spacial score (nSPS) is 17.8. The second-order valence-corrected chi connectivity index (χ2v) is 6.85. The Kier molecular flexibility index (Phi) is 6.75. The predicted molar refractivity (Wildman–Crippen MR) is 104 cm³/mol. The number of piperidine rings is 1. The van der Waals surface area contributed by atoms with Crippen LogP contribution in [0.2, 0.25) is 5.02 Å². The zero-order chi connectivity index (χ0) is 19.1. The molecule has 3 N–H and O–H groups in total. The van der Waals surface area contributed by atoms with Crippen LogP contribution in [0.4, 0.5) is 5.82 Å². The molecule has 8 heteroatoms. The fraction of sp³-hybridized carbons (Fsp3) is 0.316. The molecule has 0 saturated carbocycles. The third-order valence-corrected chi connectivity index (χ3v) is 4.77. The number of nitrogens with one attached hydrogen (secondary N) is 2. The lowest BCUT2D eigenvalue weighted by Gasteiger charge is -2.33. The van der Waals surface area contributed by atoms with Gasteiger partial charge in [-0.2, -0.15) is 0 Å². The molecule has 1 aliphatic rings. The maximum atomic E-state index is 11.0. The summed E-state index contributed by atoms with van der Waals surface area (Å²) in [4.78, 5) is 22.0. The smallest absolute Gasteiger partial charge is 0.267 e. The molecular weight excluding hydrogens is 366 g/mol. The van der Waals surface area contributed by atoms with Crippen LogP contribution >= 0.6 is 11.6 Å². The van der Waals surface area contributed by atoms with Crippen molar-refractivity contribution in [2.45, 2.75) is 25.4 Å². The molecule has 0 bridgehead atoms. The van der Waals surface area contributed by atoms with Gasteiger partial charge in [-0.05, 0) is 37.1 Å². The number of halogens is 1. The number of likely N-dealkylation sites (tertiary alicyclic amines) is 1. The molecular formula is C19H22ClN5O2. The van der Waals surface area contributed by atoms with Crippen molar-refractivity contribution in [1.82, 2.24) is 20.3 Å². The Labute approximate surface area is 163 Å². The highest BCUT2D eigenvalue weighted by molar-refractivity contribution is 6.31. The summed E-state index contributed by atoms with van der Waals surface area (Å²) < 4.78 is 0. The molecule has 1 aromatic heterocycles. The molecule has 0 aliphatic carbocycles. The van der Waals surface area contributed by atoms with Crippen molar-refractivity contribution in [3.63, 3.8) is 0 Å². The van der Waals surface area contributed by atoms with Crippen LogP contribution in [-0.2, 0) is 11.3 Å². The topological polar surface area (TPSA) is 90.4 Å². The second kappa shape index (κ2) is 9.45. The van der Waals surface area contributed by atoms with Gasteiger partial charge in [0, 0.05) is 30.2 Å². The summed E-state index contributed by atoms with van der Waals surface area (Å²) in [6.07, 6.45) is 8.06. The molecule has 3 rings (SSSR count). The van der Waals surface area contributed by atoms with Gasteiger partial charge in [-0.15, -0.1) is 0 Å². The Morgan fingerprint density at radius 3 is 2.93 bits per heavy atom. The summed E-state index contributed by atoms with van der Waals surface area (Å²) in [6.45, 7) is 2.79. The molecule has 142 valence electrons. The molecule has 0 spiro atoms. The van der Waals surface area contributed by atoms with Crippen molar-refractivity contribution in [2.75, 3.05) is 18.4 Å². The van der Waals surface area contributed by atoms with E-state index >= 15 is 0 Å². The summed E-state index contributed by atoms with van der Waals surface area (Å²) >= 11 is 6.27. The van der Waals surface area contributed by atoms with Crippen molar-refractivity contribution in [2.24, 2.45) is 0 Å². The maximum absolute atomic E-state index is 11.0. The highest BCUT2D eigenvalue weighted by Crippen LogP contribution is 2.21. The first-order valence-electron chi connectivity index (χ1n) is 8.80. The third kappa shape index (κ3) is 5.75. The van der Waals surface area contributed by atoms with Gasteiger partial charge in [0.15, 0.2) is 0 Å². The van der Waals surface area contributed by atoms with Gasteiger partial charge >= 0.3 is 0 Å². The van der Waals surface area contributed by atoms with Crippen molar-refractivity contribution >= 4 is 29.4 Å². The van der Waals surface area contributed by atoms with E-state index in [-0.39, 0.29) is 6.04 Å². The zero-order valence-electron chi connectivity index (χ0n) is 14.8. The van der Waals surface area contributed by atoms with E-state index in [1.807, 2.05) is 18.2 Å². The van der Waals surface area contributed by atoms with Crippen LogP contribution in [-0.4, -0.2) is 45.1 Å². The number of carbonyl (C=O) groups is 1. The first-order chi connectivity index (χ1) is 13.1. The lowest BCUT2D eigenvalue weighted by Crippen LogP contribution is -2.41. The fourth-order valence-corrected chi connectivity index (χ4v) is 3.29. The molecule has 1 aliphatic heterocycles. The largest absolute Gasteiger partial charge is 0.365 e. The minimum absolute atomic E-state index is 0.289. The van der Waals surface area contributed by atoms with Gasteiger partial charge in [-0.1, -0.05) is 29.8 Å². The molecule has 2 aromatic rings. The zero-order valence-corrected chi connectivity index (χ0v) is 15.6. The van der Waals surface area contributed by atoms with Crippen LogP contribution in [0.25, 0.3) is 6.08 Å². The quantitative estimate of drug-likeness (QED) is 0.401. The highest BCUT2D eigenvalue weighted by atomic mass is 35.5. The van der Waals surface area contributed by atoms with E-state index in [0.29, 0.717) is 11.5 Å². The first-order valence-corrected chi connectivity index (χ1v) is 9.18. The monoisotopic (exact) mass is 387 g/mol. The van der Waals surface area contributed by atoms with Crippen LogP contribution in [0.15, 0.2) is 42.7 Å². The van der Waals surface area contributed by atoms with E-state index in [9.17, 15) is 4.79 Å². The van der Waals surface area contributed by atoms with Crippen LogP contribution in [0, 0.1) is 0 Å². The molecule has 1 saturated heterocycles. The lowest BCUT2D eigenvalue weighted by molar-refractivity contribution is -0.124. The Bertz CT molecular complexity index is 797. The summed E-state index contributed by atoms with van der Waals surface area (Å²) in [7, 11) is 0. The van der Waals surface area contributed by atoms with Gasteiger partial charge < -0.3 is 5.32 Å². The number of benzene rings is 1. The number of rotatable bonds is 6. The Morgan fingerprint density at radius 2 is 2.19 bits per heavy atom. The van der Waals surface area contributed by atoms with Gasteiger partial charge in [-0.3, -0.25) is 19.9 Å². The van der Waals surface area contributed by atoms with Crippen molar-refractivity contribution in [3.05, 3.63) is 59.0 Å². The molecule has 0 radical (unpaired) electrons. The first kappa shape index (κ1) is 19.3. The maximum Gasteiger partial charge on any atom is 0.267 e. The molecule has 7 nitrogen and oxygen atoms in total. The summed E-state index contributed by atoms with van der Waals surface area (Å²) in [5.41, 5.74) is 3.20.